The van der Waals surface area contributed by atoms with Crippen LogP contribution in [0, 0.1) is 0 Å². The first-order chi connectivity index (χ1) is 12.3. The van der Waals surface area contributed by atoms with Crippen LogP contribution in [0.4, 0.5) is 0 Å². The Bertz CT molecular complexity index is 645. The van der Waals surface area contributed by atoms with Crippen LogP contribution in [0.5, 0.6) is 5.75 Å². The van der Waals surface area contributed by atoms with Gasteiger partial charge in [-0.15, -0.1) is 0 Å². The number of carbonyl (C=O) groups excluding carboxylic acids is 2. The third-order valence-corrected chi connectivity index (χ3v) is 3.58. The third kappa shape index (κ3) is 7.52. The van der Waals surface area contributed by atoms with Crippen LogP contribution >= 0.6 is 0 Å². The van der Waals surface area contributed by atoms with E-state index in [0.717, 1.165) is 18.6 Å². The van der Waals surface area contributed by atoms with E-state index in [9.17, 15) is 9.59 Å². The number of hydrogen-bond donors (Lipinski definition) is 2. The van der Waals surface area contributed by atoms with E-state index < -0.39 is 0 Å². The zero-order valence-corrected chi connectivity index (χ0v) is 14.2. The van der Waals surface area contributed by atoms with E-state index in [1.54, 1.807) is 12.1 Å². The molecule has 0 aliphatic carbocycles. The van der Waals surface area contributed by atoms with Gasteiger partial charge in [0.15, 0.2) is 0 Å². The molecular formula is C20H24N2O3. The van der Waals surface area contributed by atoms with Crippen LogP contribution < -0.4 is 15.4 Å². The minimum atomic E-state index is -0.161. The highest BCUT2D eigenvalue weighted by Gasteiger charge is 2.05. The van der Waals surface area contributed by atoms with Gasteiger partial charge in [0, 0.05) is 25.1 Å². The lowest BCUT2D eigenvalue weighted by Gasteiger charge is -2.08. The van der Waals surface area contributed by atoms with Gasteiger partial charge in [-0.1, -0.05) is 36.4 Å². The highest BCUT2D eigenvalue weighted by Crippen LogP contribution is 2.08. The number of hydrogen-bond acceptors (Lipinski definition) is 3. The number of benzene rings is 2. The summed E-state index contributed by atoms with van der Waals surface area (Å²) in [5.41, 5.74) is 0.598. The first-order valence-electron chi connectivity index (χ1n) is 8.53. The Hall–Kier alpha value is -2.82. The van der Waals surface area contributed by atoms with Crippen molar-refractivity contribution < 1.29 is 14.3 Å². The fourth-order valence-corrected chi connectivity index (χ4v) is 2.23. The van der Waals surface area contributed by atoms with Crippen molar-refractivity contribution in [3.63, 3.8) is 0 Å². The van der Waals surface area contributed by atoms with Gasteiger partial charge in [-0.25, -0.2) is 0 Å². The predicted molar refractivity (Wildman–Crippen MR) is 97.6 cm³/mol. The summed E-state index contributed by atoms with van der Waals surface area (Å²) in [6.07, 6.45) is 2.01. The molecule has 132 valence electrons. The number of unbranched alkanes of at least 4 members (excludes halogenated alkanes) is 1. The molecular weight excluding hydrogens is 316 g/mol. The Balaban J connectivity index is 1.48. The lowest BCUT2D eigenvalue weighted by atomic mass is 10.2. The van der Waals surface area contributed by atoms with Crippen molar-refractivity contribution in [2.75, 3.05) is 19.7 Å². The van der Waals surface area contributed by atoms with Gasteiger partial charge in [0.1, 0.15) is 5.75 Å². The van der Waals surface area contributed by atoms with Crippen molar-refractivity contribution in [3.8, 4) is 5.75 Å². The monoisotopic (exact) mass is 340 g/mol. The van der Waals surface area contributed by atoms with E-state index in [1.807, 2.05) is 48.5 Å². The molecule has 0 atom stereocenters. The molecule has 2 aromatic carbocycles. The average Bonchev–Trinajstić information content (AvgIpc) is 2.66. The van der Waals surface area contributed by atoms with Crippen molar-refractivity contribution in [1.29, 1.82) is 0 Å². The quantitative estimate of drug-likeness (QED) is 0.654. The Labute approximate surface area is 148 Å². The molecule has 2 rings (SSSR count). The Kier molecular flexibility index (Phi) is 8.05. The molecule has 0 bridgehead atoms. The zero-order valence-electron chi connectivity index (χ0n) is 14.2. The van der Waals surface area contributed by atoms with E-state index in [1.165, 1.54) is 0 Å². The van der Waals surface area contributed by atoms with E-state index in [-0.39, 0.29) is 18.2 Å². The summed E-state index contributed by atoms with van der Waals surface area (Å²) in [5.74, 6) is 0.643. The third-order valence-electron chi connectivity index (χ3n) is 3.58. The molecule has 0 aliphatic rings. The van der Waals surface area contributed by atoms with Gasteiger partial charge >= 0.3 is 0 Å². The summed E-state index contributed by atoms with van der Waals surface area (Å²) < 4.78 is 5.59. The first kappa shape index (κ1) is 18.5. The minimum Gasteiger partial charge on any atom is -0.494 e. The van der Waals surface area contributed by atoms with Crippen LogP contribution in [0.25, 0.3) is 0 Å². The second kappa shape index (κ2) is 10.9. The molecule has 5 heteroatoms. The molecule has 0 heterocycles. The summed E-state index contributed by atoms with van der Waals surface area (Å²) in [6.45, 7) is 1.58. The Morgan fingerprint density at radius 1 is 0.800 bits per heavy atom. The molecule has 0 spiro atoms. The van der Waals surface area contributed by atoms with Crippen LogP contribution in [0.1, 0.15) is 29.6 Å². The number of ether oxygens (including phenoxy) is 1. The van der Waals surface area contributed by atoms with Gasteiger partial charge in [0.05, 0.1) is 6.61 Å². The van der Waals surface area contributed by atoms with Gasteiger partial charge in [0.2, 0.25) is 5.91 Å². The van der Waals surface area contributed by atoms with E-state index in [2.05, 4.69) is 10.6 Å². The molecule has 5 nitrogen and oxygen atoms in total. The fraction of sp³-hybridized carbons (Fsp3) is 0.300. The second-order valence-electron chi connectivity index (χ2n) is 5.59. The Morgan fingerprint density at radius 2 is 1.48 bits per heavy atom. The largest absolute Gasteiger partial charge is 0.494 e. The lowest BCUT2D eigenvalue weighted by Crippen LogP contribution is -2.31. The van der Waals surface area contributed by atoms with Crippen molar-refractivity contribution in [2.24, 2.45) is 0 Å². The molecule has 0 unspecified atom stereocenters. The summed E-state index contributed by atoms with van der Waals surface area (Å²) in [4.78, 5) is 23.5. The van der Waals surface area contributed by atoms with Crippen LogP contribution in [-0.2, 0) is 4.79 Å². The standard InChI is InChI=1S/C20H24N2O3/c23-19(13-15-22-20(24)17-9-3-1-4-10-17)21-14-7-8-16-25-18-11-5-2-6-12-18/h1-6,9-12H,7-8,13-16H2,(H,21,23)(H,22,24). The van der Waals surface area contributed by atoms with Gasteiger partial charge in [-0.3, -0.25) is 9.59 Å². The number of carbonyl (C=O) groups is 2. The number of para-hydroxylation sites is 1. The smallest absolute Gasteiger partial charge is 0.251 e. The van der Waals surface area contributed by atoms with Gasteiger partial charge in [-0.05, 0) is 37.1 Å². The van der Waals surface area contributed by atoms with Crippen molar-refractivity contribution >= 4 is 11.8 Å². The number of rotatable bonds is 10. The van der Waals surface area contributed by atoms with Crippen LogP contribution in [0.15, 0.2) is 60.7 Å². The van der Waals surface area contributed by atoms with Crippen molar-refractivity contribution in [1.82, 2.24) is 10.6 Å². The van der Waals surface area contributed by atoms with E-state index in [0.29, 0.717) is 25.3 Å². The molecule has 2 N–H and O–H groups in total. The van der Waals surface area contributed by atoms with Crippen LogP contribution in [-0.4, -0.2) is 31.5 Å². The molecule has 0 radical (unpaired) electrons. The maximum Gasteiger partial charge on any atom is 0.251 e. The molecule has 0 saturated heterocycles. The lowest BCUT2D eigenvalue weighted by molar-refractivity contribution is -0.120. The summed E-state index contributed by atoms with van der Waals surface area (Å²) in [5, 5.41) is 5.59. The average molecular weight is 340 g/mol. The SMILES string of the molecule is O=C(CCNC(=O)c1ccccc1)NCCCCOc1ccccc1. The van der Waals surface area contributed by atoms with Crippen molar-refractivity contribution in [2.45, 2.75) is 19.3 Å². The molecule has 2 amide bonds. The number of amides is 2. The van der Waals surface area contributed by atoms with E-state index in [4.69, 9.17) is 4.74 Å². The predicted octanol–water partition coefficient (Wildman–Crippen LogP) is 2.78. The second-order valence-corrected chi connectivity index (χ2v) is 5.59. The van der Waals surface area contributed by atoms with Gasteiger partial charge in [0.25, 0.3) is 5.91 Å². The molecule has 0 fully saturated rings. The maximum absolute atomic E-state index is 11.8. The summed E-state index contributed by atoms with van der Waals surface area (Å²) in [7, 11) is 0. The molecule has 25 heavy (non-hydrogen) atoms. The molecule has 2 aromatic rings. The van der Waals surface area contributed by atoms with Gasteiger partial charge < -0.3 is 15.4 Å². The number of nitrogens with one attached hydrogen (secondary N) is 2. The van der Waals surface area contributed by atoms with Crippen molar-refractivity contribution in [3.05, 3.63) is 66.2 Å². The Morgan fingerprint density at radius 3 is 2.20 bits per heavy atom. The van der Waals surface area contributed by atoms with Gasteiger partial charge in [-0.2, -0.15) is 0 Å². The highest BCUT2D eigenvalue weighted by molar-refractivity contribution is 5.94. The minimum absolute atomic E-state index is 0.0580. The normalized spacial score (nSPS) is 10.1. The molecule has 0 aliphatic heterocycles. The zero-order chi connectivity index (χ0) is 17.7. The molecule has 0 aromatic heterocycles. The maximum atomic E-state index is 11.8. The summed E-state index contributed by atoms with van der Waals surface area (Å²) >= 11 is 0. The highest BCUT2D eigenvalue weighted by atomic mass is 16.5. The topological polar surface area (TPSA) is 67.4 Å². The fourth-order valence-electron chi connectivity index (χ4n) is 2.23. The van der Waals surface area contributed by atoms with Crippen LogP contribution in [0.3, 0.4) is 0 Å². The first-order valence-corrected chi connectivity index (χ1v) is 8.53. The van der Waals surface area contributed by atoms with Crippen LogP contribution in [0.2, 0.25) is 0 Å². The summed E-state index contributed by atoms with van der Waals surface area (Å²) in [6, 6.07) is 18.6. The molecule has 0 saturated carbocycles. The van der Waals surface area contributed by atoms with E-state index >= 15 is 0 Å².